The van der Waals surface area contributed by atoms with E-state index in [0.29, 0.717) is 30.0 Å². The normalized spacial score (nSPS) is 38.1. The maximum absolute atomic E-state index is 12.8. The molecule has 106 valence electrons. The number of carbonyl (C=O) groups excluding carboxylic acids is 1. The zero-order valence-electron chi connectivity index (χ0n) is 11.7. The third-order valence-corrected chi connectivity index (χ3v) is 6.29. The molecule has 4 fully saturated rings. The molecule has 5 rings (SSSR count). The molecule has 0 aliphatic heterocycles. The van der Waals surface area contributed by atoms with Gasteiger partial charge in [-0.25, -0.2) is 0 Å². The molecule has 1 aromatic carbocycles. The van der Waals surface area contributed by atoms with Crippen LogP contribution >= 0.6 is 11.6 Å². The molecule has 0 amide bonds. The van der Waals surface area contributed by atoms with E-state index in [1.54, 1.807) is 0 Å². The van der Waals surface area contributed by atoms with E-state index in [0.717, 1.165) is 22.4 Å². The highest BCUT2D eigenvalue weighted by Crippen LogP contribution is 2.56. The summed E-state index contributed by atoms with van der Waals surface area (Å²) in [6.45, 7) is 0. The Labute approximate surface area is 125 Å². The van der Waals surface area contributed by atoms with Crippen molar-refractivity contribution >= 4 is 17.4 Å². The van der Waals surface area contributed by atoms with Crippen LogP contribution in [0.5, 0.6) is 0 Å². The molecular weight excluding hydrogens is 268 g/mol. The average molecular weight is 289 g/mol. The summed E-state index contributed by atoms with van der Waals surface area (Å²) in [5, 5.41) is 0.740. The van der Waals surface area contributed by atoms with Gasteiger partial charge in [0.05, 0.1) is 0 Å². The van der Waals surface area contributed by atoms with Crippen molar-refractivity contribution in [3.8, 4) is 0 Å². The highest BCUT2D eigenvalue weighted by atomic mass is 35.5. The van der Waals surface area contributed by atoms with Crippen LogP contribution in [0.2, 0.25) is 5.02 Å². The molecule has 4 aliphatic carbocycles. The summed E-state index contributed by atoms with van der Waals surface area (Å²) in [6, 6.07) is 7.79. The highest BCUT2D eigenvalue weighted by molar-refractivity contribution is 6.31. The van der Waals surface area contributed by atoms with Gasteiger partial charge in [0.2, 0.25) is 0 Å². The summed E-state index contributed by atoms with van der Waals surface area (Å²) in [6.07, 6.45) is 7.22. The molecule has 4 bridgehead atoms. The number of benzene rings is 1. The van der Waals surface area contributed by atoms with Gasteiger partial charge in [-0.05, 0) is 67.4 Å². The van der Waals surface area contributed by atoms with Gasteiger partial charge in [-0.15, -0.1) is 0 Å². The van der Waals surface area contributed by atoms with Crippen LogP contribution in [-0.4, -0.2) is 5.78 Å². The summed E-state index contributed by atoms with van der Waals surface area (Å²) in [5.74, 6) is 4.01. The van der Waals surface area contributed by atoms with E-state index in [1.165, 1.54) is 32.1 Å². The summed E-state index contributed by atoms with van der Waals surface area (Å²) >= 11 is 6.21. The maximum Gasteiger partial charge on any atom is 0.140 e. The molecule has 4 saturated carbocycles. The van der Waals surface area contributed by atoms with E-state index >= 15 is 0 Å². The lowest BCUT2D eigenvalue weighted by molar-refractivity contribution is -0.135. The van der Waals surface area contributed by atoms with Crippen LogP contribution in [0.4, 0.5) is 0 Å². The first-order valence-corrected chi connectivity index (χ1v) is 8.34. The zero-order chi connectivity index (χ0) is 13.7. The highest BCUT2D eigenvalue weighted by Gasteiger charge is 2.50. The third-order valence-electron chi connectivity index (χ3n) is 5.92. The number of carbonyl (C=O) groups is 1. The van der Waals surface area contributed by atoms with Crippen LogP contribution < -0.4 is 0 Å². The van der Waals surface area contributed by atoms with Crippen LogP contribution in [0.1, 0.15) is 37.7 Å². The molecule has 0 N–H and O–H groups in total. The van der Waals surface area contributed by atoms with E-state index in [9.17, 15) is 4.79 Å². The molecule has 20 heavy (non-hydrogen) atoms. The molecule has 0 heterocycles. The Balaban J connectivity index is 1.53. The second-order valence-corrected chi connectivity index (χ2v) is 7.60. The van der Waals surface area contributed by atoms with Gasteiger partial charge >= 0.3 is 0 Å². The van der Waals surface area contributed by atoms with Crippen LogP contribution in [-0.2, 0) is 11.2 Å². The minimum absolute atomic E-state index is 0.332. The average Bonchev–Trinajstić information content (AvgIpc) is 2.40. The minimum atomic E-state index is 0.332. The Kier molecular flexibility index (Phi) is 3.14. The SMILES string of the molecule is O=C(Cc1ccccc1Cl)C1C2CC3CC(C2)CC1C3. The van der Waals surface area contributed by atoms with Crippen LogP contribution in [0.3, 0.4) is 0 Å². The zero-order valence-corrected chi connectivity index (χ0v) is 12.5. The van der Waals surface area contributed by atoms with Crippen LogP contribution in [0.25, 0.3) is 0 Å². The van der Waals surface area contributed by atoms with Crippen molar-refractivity contribution in [1.29, 1.82) is 0 Å². The monoisotopic (exact) mass is 288 g/mol. The quantitative estimate of drug-likeness (QED) is 0.799. The van der Waals surface area contributed by atoms with Gasteiger partial charge in [0.15, 0.2) is 0 Å². The lowest BCUT2D eigenvalue weighted by Crippen LogP contribution is -2.48. The summed E-state index contributed by atoms with van der Waals surface area (Å²) in [5.41, 5.74) is 1.01. The van der Waals surface area contributed by atoms with Crippen LogP contribution in [0, 0.1) is 29.6 Å². The van der Waals surface area contributed by atoms with Crippen molar-refractivity contribution in [2.75, 3.05) is 0 Å². The van der Waals surface area contributed by atoms with Crippen molar-refractivity contribution in [3.05, 3.63) is 34.9 Å². The smallest absolute Gasteiger partial charge is 0.140 e. The Morgan fingerprint density at radius 2 is 1.60 bits per heavy atom. The van der Waals surface area contributed by atoms with Gasteiger partial charge in [-0.3, -0.25) is 4.79 Å². The number of rotatable bonds is 3. The molecule has 0 atom stereocenters. The molecular formula is C18H21ClO. The first-order chi connectivity index (χ1) is 9.70. The number of halogens is 1. The fourth-order valence-electron chi connectivity index (χ4n) is 5.40. The van der Waals surface area contributed by atoms with E-state index in [4.69, 9.17) is 11.6 Å². The van der Waals surface area contributed by atoms with E-state index in [-0.39, 0.29) is 0 Å². The topological polar surface area (TPSA) is 17.1 Å². The molecule has 0 saturated heterocycles. The first-order valence-electron chi connectivity index (χ1n) is 7.97. The fourth-order valence-corrected chi connectivity index (χ4v) is 5.60. The van der Waals surface area contributed by atoms with E-state index in [2.05, 4.69) is 0 Å². The van der Waals surface area contributed by atoms with E-state index < -0.39 is 0 Å². The lowest BCUT2D eigenvalue weighted by atomic mass is 9.51. The van der Waals surface area contributed by atoms with Gasteiger partial charge in [-0.2, -0.15) is 0 Å². The molecule has 2 heteroatoms. The van der Waals surface area contributed by atoms with Crippen molar-refractivity contribution < 1.29 is 4.79 Å². The van der Waals surface area contributed by atoms with Gasteiger partial charge in [0.25, 0.3) is 0 Å². The third kappa shape index (κ3) is 2.11. The molecule has 0 unspecified atom stereocenters. The van der Waals surface area contributed by atoms with Gasteiger partial charge in [0, 0.05) is 17.4 Å². The second kappa shape index (κ2) is 4.87. The summed E-state index contributed by atoms with van der Waals surface area (Å²) in [4.78, 5) is 12.8. The van der Waals surface area contributed by atoms with Gasteiger partial charge in [0.1, 0.15) is 5.78 Å². The lowest BCUT2D eigenvalue weighted by Gasteiger charge is -2.53. The Morgan fingerprint density at radius 3 is 2.20 bits per heavy atom. The molecule has 1 nitrogen and oxygen atoms in total. The molecule has 0 aromatic heterocycles. The Morgan fingerprint density at radius 1 is 1.00 bits per heavy atom. The first kappa shape index (κ1) is 12.9. The Hall–Kier alpha value is -0.820. The minimum Gasteiger partial charge on any atom is -0.299 e. The van der Waals surface area contributed by atoms with Crippen molar-refractivity contribution in [3.63, 3.8) is 0 Å². The van der Waals surface area contributed by atoms with Gasteiger partial charge in [-0.1, -0.05) is 29.8 Å². The number of hydrogen-bond donors (Lipinski definition) is 0. The number of hydrogen-bond acceptors (Lipinski definition) is 1. The molecule has 4 aliphatic rings. The summed E-state index contributed by atoms with van der Waals surface area (Å²) in [7, 11) is 0. The van der Waals surface area contributed by atoms with Crippen molar-refractivity contribution in [1.82, 2.24) is 0 Å². The predicted octanol–water partition coefficient (Wildman–Crippen LogP) is 4.52. The predicted molar refractivity (Wildman–Crippen MR) is 80.7 cm³/mol. The standard InChI is InChI=1S/C18H21ClO/c19-16-4-2-1-3-13(16)10-17(20)18-14-6-11-5-12(8-14)9-15(18)7-11/h1-4,11-12,14-15,18H,5-10H2. The molecule has 0 spiro atoms. The van der Waals surface area contributed by atoms with Crippen LogP contribution in [0.15, 0.2) is 24.3 Å². The molecule has 0 radical (unpaired) electrons. The van der Waals surface area contributed by atoms with Crippen molar-refractivity contribution in [2.24, 2.45) is 29.6 Å². The largest absolute Gasteiger partial charge is 0.299 e. The van der Waals surface area contributed by atoms with Gasteiger partial charge < -0.3 is 0 Å². The van der Waals surface area contributed by atoms with E-state index in [1.807, 2.05) is 24.3 Å². The fraction of sp³-hybridized carbons (Fsp3) is 0.611. The maximum atomic E-state index is 12.8. The van der Waals surface area contributed by atoms with Crippen molar-refractivity contribution in [2.45, 2.75) is 38.5 Å². The molecule has 1 aromatic rings. The second-order valence-electron chi connectivity index (χ2n) is 7.19. The Bertz CT molecular complexity index is 508. The number of ketones is 1. The summed E-state index contributed by atoms with van der Waals surface area (Å²) < 4.78 is 0. The number of Topliss-reactive ketones (excluding diaryl/α,β-unsaturated/α-hetero) is 1.